The van der Waals surface area contributed by atoms with E-state index in [1.54, 1.807) is 6.20 Å². The fourth-order valence-electron chi connectivity index (χ4n) is 2.87. The van der Waals surface area contributed by atoms with Crippen molar-refractivity contribution in [3.63, 3.8) is 0 Å². The second-order valence-corrected chi connectivity index (χ2v) is 5.94. The summed E-state index contributed by atoms with van der Waals surface area (Å²) in [5.74, 6) is 0.498. The van der Waals surface area contributed by atoms with Crippen LogP contribution in [0.2, 0.25) is 0 Å². The first kappa shape index (κ1) is 15.5. The van der Waals surface area contributed by atoms with Gasteiger partial charge in [-0.05, 0) is 25.0 Å². The SMILES string of the molecule is O=C(Nc1ccccc1)c1cnc(NC2CCCCCC2)cn1. The number of aromatic nitrogens is 2. The Morgan fingerprint density at radius 1 is 0.957 bits per heavy atom. The Hall–Kier alpha value is -2.43. The predicted molar refractivity (Wildman–Crippen MR) is 91.5 cm³/mol. The van der Waals surface area contributed by atoms with Crippen LogP contribution in [0.4, 0.5) is 11.5 Å². The summed E-state index contributed by atoms with van der Waals surface area (Å²) in [7, 11) is 0. The highest BCUT2D eigenvalue weighted by atomic mass is 16.1. The number of carbonyl (C=O) groups is 1. The average molecular weight is 310 g/mol. The second-order valence-electron chi connectivity index (χ2n) is 5.94. The lowest BCUT2D eigenvalue weighted by Crippen LogP contribution is -2.20. The number of nitrogens with zero attached hydrogens (tertiary/aromatic N) is 2. The van der Waals surface area contributed by atoms with Crippen molar-refractivity contribution in [3.8, 4) is 0 Å². The fourth-order valence-corrected chi connectivity index (χ4v) is 2.87. The lowest BCUT2D eigenvalue weighted by atomic mass is 10.1. The first-order chi connectivity index (χ1) is 11.3. The van der Waals surface area contributed by atoms with Crippen LogP contribution in [0.5, 0.6) is 0 Å². The van der Waals surface area contributed by atoms with Gasteiger partial charge in [0.25, 0.3) is 5.91 Å². The number of amides is 1. The number of carbonyl (C=O) groups excluding carboxylic acids is 1. The van der Waals surface area contributed by atoms with Gasteiger partial charge in [-0.25, -0.2) is 9.97 Å². The monoisotopic (exact) mass is 310 g/mol. The van der Waals surface area contributed by atoms with Crippen molar-refractivity contribution < 1.29 is 4.79 Å². The third kappa shape index (κ3) is 4.52. The third-order valence-electron chi connectivity index (χ3n) is 4.12. The molecule has 23 heavy (non-hydrogen) atoms. The van der Waals surface area contributed by atoms with E-state index in [1.807, 2.05) is 30.3 Å². The summed E-state index contributed by atoms with van der Waals surface area (Å²) in [4.78, 5) is 20.7. The Kier molecular flexibility index (Phi) is 5.19. The summed E-state index contributed by atoms with van der Waals surface area (Å²) in [6.45, 7) is 0. The molecule has 2 N–H and O–H groups in total. The number of hydrogen-bond acceptors (Lipinski definition) is 4. The molecular formula is C18H22N4O. The summed E-state index contributed by atoms with van der Waals surface area (Å²) < 4.78 is 0. The van der Waals surface area contributed by atoms with Crippen LogP contribution in [0.1, 0.15) is 49.0 Å². The zero-order valence-corrected chi connectivity index (χ0v) is 13.2. The van der Waals surface area contributed by atoms with E-state index in [2.05, 4.69) is 20.6 Å². The van der Waals surface area contributed by atoms with Crippen molar-refractivity contribution in [2.75, 3.05) is 10.6 Å². The highest BCUT2D eigenvalue weighted by Crippen LogP contribution is 2.20. The van der Waals surface area contributed by atoms with Gasteiger partial charge in [0.15, 0.2) is 0 Å². The molecule has 0 saturated heterocycles. The molecule has 2 aromatic rings. The van der Waals surface area contributed by atoms with E-state index in [0.717, 1.165) is 11.5 Å². The molecule has 1 amide bonds. The molecular weight excluding hydrogens is 288 g/mol. The number of hydrogen-bond donors (Lipinski definition) is 2. The Bertz CT molecular complexity index is 619. The Morgan fingerprint density at radius 3 is 2.35 bits per heavy atom. The van der Waals surface area contributed by atoms with Gasteiger partial charge in [-0.15, -0.1) is 0 Å². The first-order valence-corrected chi connectivity index (χ1v) is 8.26. The molecule has 0 radical (unpaired) electrons. The predicted octanol–water partition coefficient (Wildman–Crippen LogP) is 3.86. The minimum absolute atomic E-state index is 0.246. The van der Waals surface area contributed by atoms with Crippen LogP contribution in [0.3, 0.4) is 0 Å². The Balaban J connectivity index is 1.59. The largest absolute Gasteiger partial charge is 0.366 e. The summed E-state index contributed by atoms with van der Waals surface area (Å²) in [5.41, 5.74) is 1.07. The van der Waals surface area contributed by atoms with Crippen molar-refractivity contribution in [2.24, 2.45) is 0 Å². The van der Waals surface area contributed by atoms with Crippen LogP contribution >= 0.6 is 0 Å². The summed E-state index contributed by atoms with van der Waals surface area (Å²) in [6, 6.07) is 9.81. The van der Waals surface area contributed by atoms with Crippen LogP contribution in [-0.4, -0.2) is 21.9 Å². The zero-order chi connectivity index (χ0) is 15.9. The average Bonchev–Trinajstić information content (AvgIpc) is 2.85. The van der Waals surface area contributed by atoms with Crippen LogP contribution in [0.25, 0.3) is 0 Å². The van der Waals surface area contributed by atoms with Crippen LogP contribution < -0.4 is 10.6 Å². The standard InChI is InChI=1S/C18H22N4O/c23-18(22-15-10-6-3-7-11-15)16-12-20-17(13-19-16)21-14-8-4-1-2-5-9-14/h3,6-7,10-14H,1-2,4-5,8-9H2,(H,20,21)(H,22,23). The molecule has 0 aliphatic heterocycles. The van der Waals surface area contributed by atoms with E-state index >= 15 is 0 Å². The lowest BCUT2D eigenvalue weighted by molar-refractivity contribution is 0.102. The van der Waals surface area contributed by atoms with Gasteiger partial charge < -0.3 is 10.6 Å². The minimum Gasteiger partial charge on any atom is -0.366 e. The summed E-state index contributed by atoms with van der Waals surface area (Å²) in [6.07, 6.45) is 10.7. The lowest BCUT2D eigenvalue weighted by Gasteiger charge is -2.16. The Morgan fingerprint density at radius 2 is 1.70 bits per heavy atom. The number of anilines is 2. The molecule has 1 aliphatic carbocycles. The molecule has 5 nitrogen and oxygen atoms in total. The second kappa shape index (κ2) is 7.72. The van der Waals surface area contributed by atoms with Crippen molar-refractivity contribution in [1.82, 2.24) is 9.97 Å². The molecule has 1 heterocycles. The van der Waals surface area contributed by atoms with Crippen molar-refractivity contribution in [3.05, 3.63) is 48.4 Å². The molecule has 0 unspecified atom stereocenters. The van der Waals surface area contributed by atoms with Gasteiger partial charge in [-0.1, -0.05) is 43.9 Å². The minimum atomic E-state index is -0.246. The van der Waals surface area contributed by atoms with Gasteiger partial charge >= 0.3 is 0 Å². The van der Waals surface area contributed by atoms with E-state index in [1.165, 1.54) is 44.7 Å². The van der Waals surface area contributed by atoms with Gasteiger partial charge in [0.05, 0.1) is 12.4 Å². The maximum absolute atomic E-state index is 12.1. The fraction of sp³-hybridized carbons (Fsp3) is 0.389. The maximum atomic E-state index is 12.1. The normalized spacial score (nSPS) is 15.7. The van der Waals surface area contributed by atoms with E-state index in [9.17, 15) is 4.79 Å². The number of benzene rings is 1. The number of rotatable bonds is 4. The van der Waals surface area contributed by atoms with E-state index in [4.69, 9.17) is 0 Å². The van der Waals surface area contributed by atoms with Crippen LogP contribution in [-0.2, 0) is 0 Å². The first-order valence-electron chi connectivity index (χ1n) is 8.26. The van der Waals surface area contributed by atoms with Gasteiger partial charge in [0.2, 0.25) is 0 Å². The van der Waals surface area contributed by atoms with Crippen molar-refractivity contribution in [1.29, 1.82) is 0 Å². The molecule has 0 spiro atoms. The quantitative estimate of drug-likeness (QED) is 0.841. The van der Waals surface area contributed by atoms with Crippen LogP contribution in [0.15, 0.2) is 42.7 Å². The Labute approximate surface area is 136 Å². The van der Waals surface area contributed by atoms with Gasteiger partial charge in [-0.2, -0.15) is 0 Å². The molecule has 0 bridgehead atoms. The molecule has 1 aromatic heterocycles. The van der Waals surface area contributed by atoms with Gasteiger partial charge in [0.1, 0.15) is 11.5 Å². The number of nitrogens with one attached hydrogen (secondary N) is 2. The van der Waals surface area contributed by atoms with Gasteiger partial charge in [0, 0.05) is 11.7 Å². The van der Waals surface area contributed by atoms with Crippen molar-refractivity contribution >= 4 is 17.4 Å². The molecule has 1 saturated carbocycles. The maximum Gasteiger partial charge on any atom is 0.275 e. The van der Waals surface area contributed by atoms with E-state index in [0.29, 0.717) is 11.7 Å². The van der Waals surface area contributed by atoms with Crippen molar-refractivity contribution in [2.45, 2.75) is 44.6 Å². The molecule has 1 aliphatic rings. The smallest absolute Gasteiger partial charge is 0.275 e. The molecule has 0 atom stereocenters. The van der Waals surface area contributed by atoms with Gasteiger partial charge in [-0.3, -0.25) is 4.79 Å². The molecule has 120 valence electrons. The van der Waals surface area contributed by atoms with E-state index in [-0.39, 0.29) is 5.91 Å². The molecule has 3 rings (SSSR count). The van der Waals surface area contributed by atoms with E-state index < -0.39 is 0 Å². The van der Waals surface area contributed by atoms with Crippen LogP contribution in [0, 0.1) is 0 Å². The molecule has 1 aromatic carbocycles. The summed E-state index contributed by atoms with van der Waals surface area (Å²) in [5, 5.41) is 6.24. The highest BCUT2D eigenvalue weighted by molar-refractivity contribution is 6.02. The number of para-hydroxylation sites is 1. The molecule has 1 fully saturated rings. The molecule has 5 heteroatoms. The summed E-state index contributed by atoms with van der Waals surface area (Å²) >= 11 is 0. The zero-order valence-electron chi connectivity index (χ0n) is 13.2. The topological polar surface area (TPSA) is 66.9 Å². The highest BCUT2D eigenvalue weighted by Gasteiger charge is 2.13. The third-order valence-corrected chi connectivity index (χ3v) is 4.12.